The quantitative estimate of drug-likeness (QED) is 0.380. The van der Waals surface area contributed by atoms with Crippen LogP contribution >= 0.6 is 11.6 Å². The zero-order valence-electron chi connectivity index (χ0n) is 23.1. The van der Waals surface area contributed by atoms with Crippen LogP contribution in [0, 0.1) is 0 Å². The van der Waals surface area contributed by atoms with Crippen molar-refractivity contribution in [3.05, 3.63) is 75.8 Å². The van der Waals surface area contributed by atoms with Crippen molar-refractivity contribution in [3.63, 3.8) is 0 Å². The summed E-state index contributed by atoms with van der Waals surface area (Å²) >= 11 is 6.41. The molecular weight excluding hydrogens is 532 g/mol. The lowest BCUT2D eigenvalue weighted by atomic mass is 9.96. The van der Waals surface area contributed by atoms with E-state index in [0.717, 1.165) is 33.8 Å². The zero-order valence-corrected chi connectivity index (χ0v) is 23.9. The van der Waals surface area contributed by atoms with E-state index in [4.69, 9.17) is 25.8 Å². The summed E-state index contributed by atoms with van der Waals surface area (Å²) in [4.78, 5) is 27.2. The molecule has 3 aromatic carbocycles. The molecule has 10 heteroatoms. The number of anilines is 3. The van der Waals surface area contributed by atoms with Gasteiger partial charge in [-0.15, -0.1) is 5.53 Å². The first-order valence-corrected chi connectivity index (χ1v) is 13.6. The number of rotatable bonds is 8. The highest BCUT2D eigenvalue weighted by atomic mass is 35.5. The summed E-state index contributed by atoms with van der Waals surface area (Å²) in [7, 11) is 5.15. The van der Waals surface area contributed by atoms with Gasteiger partial charge in [-0.05, 0) is 72.9 Å². The van der Waals surface area contributed by atoms with Gasteiger partial charge in [0.05, 0.1) is 42.8 Å². The Kier molecular flexibility index (Phi) is 8.04. The molecule has 40 heavy (non-hydrogen) atoms. The van der Waals surface area contributed by atoms with Crippen LogP contribution in [0.15, 0.2) is 48.5 Å². The lowest BCUT2D eigenvalue weighted by Crippen LogP contribution is -2.41. The highest BCUT2D eigenvalue weighted by molar-refractivity contribution is 6.34. The Hall–Kier alpha value is -3.95. The summed E-state index contributed by atoms with van der Waals surface area (Å²) in [5, 5.41) is 4.34. The molecule has 9 nitrogen and oxygen atoms in total. The number of nitrogens with one attached hydrogen (secondary N) is 1. The standard InChI is InChI=1S/C30H33ClN4O5/c1-5-40-28(36)12-9-19-15-26-29(27(16-19)39-4)33(2)32-35(26)25-8-6-7-20-18-34(14-13-22(20)25)30(37)23-11-10-21(38-3)17-24(23)31/h6-8,10-11,15-17,32H,5,9,12-14,18H2,1-4H3. The molecule has 2 heterocycles. The maximum atomic E-state index is 13.4. The number of ether oxygens (including phenoxy) is 3. The Labute approximate surface area is 239 Å². The molecule has 1 N–H and O–H groups in total. The molecule has 0 aromatic heterocycles. The van der Waals surface area contributed by atoms with Gasteiger partial charge in [-0.2, -0.15) is 0 Å². The molecule has 3 aromatic rings. The van der Waals surface area contributed by atoms with Crippen molar-refractivity contribution < 1.29 is 23.8 Å². The van der Waals surface area contributed by atoms with Gasteiger partial charge in [-0.25, -0.2) is 0 Å². The summed E-state index contributed by atoms with van der Waals surface area (Å²) in [6.45, 7) is 3.21. The fourth-order valence-electron chi connectivity index (χ4n) is 5.31. The Morgan fingerprint density at radius 3 is 2.60 bits per heavy atom. The molecule has 0 radical (unpaired) electrons. The minimum absolute atomic E-state index is 0.107. The van der Waals surface area contributed by atoms with Crippen LogP contribution in [0.1, 0.15) is 40.4 Å². The molecule has 0 spiro atoms. The van der Waals surface area contributed by atoms with E-state index in [-0.39, 0.29) is 11.9 Å². The number of hydrazine groups is 2. The van der Waals surface area contributed by atoms with Crippen LogP contribution in [0.4, 0.5) is 17.1 Å². The minimum Gasteiger partial charge on any atom is -0.497 e. The number of hydrogen-bond donors (Lipinski definition) is 1. The van der Waals surface area contributed by atoms with Gasteiger partial charge in [-0.3, -0.25) is 19.6 Å². The Bertz CT molecular complexity index is 1450. The predicted molar refractivity (Wildman–Crippen MR) is 155 cm³/mol. The molecule has 0 unspecified atom stereocenters. The van der Waals surface area contributed by atoms with Gasteiger partial charge >= 0.3 is 5.97 Å². The summed E-state index contributed by atoms with van der Waals surface area (Å²) in [6.07, 6.45) is 1.52. The first-order chi connectivity index (χ1) is 19.3. The molecule has 0 saturated heterocycles. The fourth-order valence-corrected chi connectivity index (χ4v) is 5.56. The van der Waals surface area contributed by atoms with E-state index >= 15 is 0 Å². The number of halogens is 1. The van der Waals surface area contributed by atoms with Crippen LogP contribution in [0.3, 0.4) is 0 Å². The number of methoxy groups -OCH3 is 2. The minimum atomic E-state index is -0.221. The van der Waals surface area contributed by atoms with Crippen LogP contribution < -0.4 is 25.0 Å². The first-order valence-electron chi connectivity index (χ1n) is 13.2. The average molecular weight is 565 g/mol. The molecule has 1 amide bonds. The topological polar surface area (TPSA) is 83.6 Å². The molecule has 0 bridgehead atoms. The van der Waals surface area contributed by atoms with Gasteiger partial charge in [0, 0.05) is 26.6 Å². The van der Waals surface area contributed by atoms with Gasteiger partial charge in [0.2, 0.25) is 0 Å². The second-order valence-electron chi connectivity index (χ2n) is 9.70. The van der Waals surface area contributed by atoms with E-state index in [1.165, 1.54) is 0 Å². The molecule has 2 aliphatic rings. The summed E-state index contributed by atoms with van der Waals surface area (Å²) in [5.74, 6) is 0.997. The Balaban J connectivity index is 1.43. The Morgan fingerprint density at radius 1 is 1.05 bits per heavy atom. The monoisotopic (exact) mass is 564 g/mol. The third-order valence-corrected chi connectivity index (χ3v) is 7.57. The molecule has 0 fully saturated rings. The van der Waals surface area contributed by atoms with Crippen molar-refractivity contribution in [2.24, 2.45) is 0 Å². The van der Waals surface area contributed by atoms with Crippen molar-refractivity contribution in [2.45, 2.75) is 32.7 Å². The molecule has 5 rings (SSSR count). The van der Waals surface area contributed by atoms with E-state index in [2.05, 4.69) is 23.7 Å². The molecule has 210 valence electrons. The highest BCUT2D eigenvalue weighted by Gasteiger charge is 2.32. The Morgan fingerprint density at radius 2 is 1.88 bits per heavy atom. The zero-order chi connectivity index (χ0) is 28.4. The van der Waals surface area contributed by atoms with Crippen molar-refractivity contribution in [1.82, 2.24) is 10.4 Å². The number of amides is 1. The number of carbonyl (C=O) groups is 2. The number of nitrogens with zero attached hydrogens (tertiary/aromatic N) is 3. The third kappa shape index (κ3) is 5.26. The van der Waals surface area contributed by atoms with E-state index in [0.29, 0.717) is 61.0 Å². The molecule has 2 aliphatic heterocycles. The number of aryl methyl sites for hydroxylation is 1. The first kappa shape index (κ1) is 27.6. The van der Waals surface area contributed by atoms with Gasteiger partial charge in [-0.1, -0.05) is 23.7 Å². The van der Waals surface area contributed by atoms with Crippen LogP contribution in [0.25, 0.3) is 0 Å². The van der Waals surface area contributed by atoms with E-state index in [1.54, 1.807) is 39.3 Å². The van der Waals surface area contributed by atoms with Gasteiger partial charge < -0.3 is 19.1 Å². The van der Waals surface area contributed by atoms with Gasteiger partial charge in [0.25, 0.3) is 5.91 Å². The van der Waals surface area contributed by atoms with E-state index in [9.17, 15) is 9.59 Å². The lowest BCUT2D eigenvalue weighted by Gasteiger charge is -2.32. The van der Waals surface area contributed by atoms with E-state index in [1.807, 2.05) is 34.1 Å². The summed E-state index contributed by atoms with van der Waals surface area (Å²) < 4.78 is 16.1. The van der Waals surface area contributed by atoms with Crippen LogP contribution in [0.5, 0.6) is 11.5 Å². The third-order valence-electron chi connectivity index (χ3n) is 7.26. The van der Waals surface area contributed by atoms with Gasteiger partial charge in [0.1, 0.15) is 17.2 Å². The molecule has 0 aliphatic carbocycles. The van der Waals surface area contributed by atoms with Crippen molar-refractivity contribution in [3.8, 4) is 11.5 Å². The average Bonchev–Trinajstić information content (AvgIpc) is 3.30. The predicted octanol–water partition coefficient (Wildman–Crippen LogP) is 5.06. The largest absolute Gasteiger partial charge is 0.497 e. The lowest BCUT2D eigenvalue weighted by molar-refractivity contribution is -0.143. The van der Waals surface area contributed by atoms with Crippen molar-refractivity contribution in [1.29, 1.82) is 0 Å². The fraction of sp³-hybridized carbons (Fsp3) is 0.333. The smallest absolute Gasteiger partial charge is 0.306 e. The van der Waals surface area contributed by atoms with Crippen LogP contribution in [-0.4, -0.2) is 51.2 Å². The molecule has 0 atom stereocenters. The molecular formula is C30H33ClN4O5. The normalized spacial score (nSPS) is 14.1. The second-order valence-corrected chi connectivity index (χ2v) is 10.1. The number of carbonyl (C=O) groups excluding carboxylic acids is 2. The van der Waals surface area contributed by atoms with E-state index < -0.39 is 0 Å². The number of benzene rings is 3. The van der Waals surface area contributed by atoms with Crippen LogP contribution in [0.2, 0.25) is 5.02 Å². The van der Waals surface area contributed by atoms with Crippen LogP contribution in [-0.2, 0) is 28.9 Å². The molecule has 0 saturated carbocycles. The highest BCUT2D eigenvalue weighted by Crippen LogP contribution is 2.46. The maximum Gasteiger partial charge on any atom is 0.306 e. The number of fused-ring (bicyclic) bond motifs is 2. The number of esters is 1. The van der Waals surface area contributed by atoms with Crippen molar-refractivity contribution in [2.75, 3.05) is 44.4 Å². The van der Waals surface area contributed by atoms with Crippen molar-refractivity contribution >= 4 is 40.5 Å². The second kappa shape index (κ2) is 11.7. The summed E-state index contributed by atoms with van der Waals surface area (Å²) in [6, 6.07) is 15.3. The number of hydrogen-bond acceptors (Lipinski definition) is 8. The summed E-state index contributed by atoms with van der Waals surface area (Å²) in [5.41, 5.74) is 9.94. The maximum absolute atomic E-state index is 13.4. The van der Waals surface area contributed by atoms with Gasteiger partial charge in [0.15, 0.2) is 0 Å². The SMILES string of the molecule is CCOC(=O)CCc1cc(OC)c2c(c1)N(c1cccc3c1CCN(C(=O)c1ccc(OC)cc1Cl)C3)NN2C.